The second-order valence-electron chi connectivity index (χ2n) is 4.87. The number of thiophene rings is 1. The van der Waals surface area contributed by atoms with Gasteiger partial charge in [0, 0.05) is 38.6 Å². The first kappa shape index (κ1) is 13.5. The van der Waals surface area contributed by atoms with Crippen molar-refractivity contribution >= 4 is 22.2 Å². The van der Waals surface area contributed by atoms with Gasteiger partial charge in [-0.25, -0.2) is 0 Å². The molecular formula is C13H21N3OS. The molecule has 1 aliphatic heterocycles. The maximum absolute atomic E-state index is 12.1. The molecule has 2 N–H and O–H groups in total. The molecule has 1 unspecified atom stereocenters. The zero-order chi connectivity index (χ0) is 13.0. The second kappa shape index (κ2) is 6.31. The van der Waals surface area contributed by atoms with E-state index in [4.69, 9.17) is 0 Å². The van der Waals surface area contributed by atoms with E-state index in [-0.39, 0.29) is 11.8 Å². The van der Waals surface area contributed by atoms with E-state index >= 15 is 0 Å². The van der Waals surface area contributed by atoms with Crippen LogP contribution in [0.5, 0.6) is 0 Å². The van der Waals surface area contributed by atoms with Crippen molar-refractivity contribution in [3.8, 4) is 0 Å². The molecule has 4 nitrogen and oxygen atoms in total. The molecule has 18 heavy (non-hydrogen) atoms. The highest BCUT2D eigenvalue weighted by Gasteiger charge is 2.19. The van der Waals surface area contributed by atoms with Crippen molar-refractivity contribution in [2.75, 3.05) is 38.0 Å². The maximum atomic E-state index is 12.1. The van der Waals surface area contributed by atoms with Gasteiger partial charge in [0.2, 0.25) is 5.91 Å². The smallest absolute Gasteiger partial charge is 0.229 e. The first-order valence-electron chi connectivity index (χ1n) is 6.45. The van der Waals surface area contributed by atoms with Crippen LogP contribution >= 0.6 is 11.3 Å². The molecule has 0 aliphatic carbocycles. The average molecular weight is 267 g/mol. The van der Waals surface area contributed by atoms with Gasteiger partial charge in [-0.05, 0) is 23.9 Å². The number of carbonyl (C=O) groups excluding carboxylic acids is 1. The van der Waals surface area contributed by atoms with Gasteiger partial charge in [0.05, 0.1) is 5.00 Å². The number of hydrogen-bond donors (Lipinski definition) is 2. The van der Waals surface area contributed by atoms with Crippen LogP contribution in [0.4, 0.5) is 5.00 Å². The van der Waals surface area contributed by atoms with Gasteiger partial charge >= 0.3 is 0 Å². The van der Waals surface area contributed by atoms with Crippen LogP contribution < -0.4 is 10.6 Å². The predicted octanol–water partition coefficient (Wildman–Crippen LogP) is 1.54. The van der Waals surface area contributed by atoms with E-state index in [1.54, 1.807) is 11.3 Å². The van der Waals surface area contributed by atoms with Gasteiger partial charge < -0.3 is 15.5 Å². The van der Waals surface area contributed by atoms with Crippen LogP contribution in [-0.2, 0) is 4.79 Å². The van der Waals surface area contributed by atoms with Crippen molar-refractivity contribution in [1.29, 1.82) is 0 Å². The summed E-state index contributed by atoms with van der Waals surface area (Å²) in [6, 6.07) is 2.03. The molecule has 5 heteroatoms. The van der Waals surface area contributed by atoms with Gasteiger partial charge in [-0.1, -0.05) is 6.92 Å². The van der Waals surface area contributed by atoms with Crippen LogP contribution in [0.3, 0.4) is 0 Å². The summed E-state index contributed by atoms with van der Waals surface area (Å²) in [5, 5.41) is 9.32. The highest BCUT2D eigenvalue weighted by molar-refractivity contribution is 7.14. The fraction of sp³-hybridized carbons (Fsp3) is 0.615. The van der Waals surface area contributed by atoms with Gasteiger partial charge in [-0.2, -0.15) is 0 Å². The third-order valence-corrected chi connectivity index (χ3v) is 4.22. The molecule has 1 aromatic heterocycles. The van der Waals surface area contributed by atoms with Crippen LogP contribution in [0.1, 0.15) is 12.5 Å². The molecule has 0 aromatic carbocycles. The summed E-state index contributed by atoms with van der Waals surface area (Å²) in [4.78, 5) is 14.4. The molecule has 0 radical (unpaired) electrons. The van der Waals surface area contributed by atoms with E-state index in [1.807, 2.05) is 25.3 Å². The lowest BCUT2D eigenvalue weighted by atomic mass is 10.1. The SMILES string of the molecule is Cc1ccsc1NC(=O)C(C)CN1CCNCC1. The molecule has 1 saturated heterocycles. The normalized spacial score (nSPS) is 18.6. The van der Waals surface area contributed by atoms with Crippen LogP contribution in [0.2, 0.25) is 0 Å². The Labute approximate surface area is 112 Å². The number of anilines is 1. The fourth-order valence-corrected chi connectivity index (χ4v) is 2.92. The summed E-state index contributed by atoms with van der Waals surface area (Å²) in [6.45, 7) is 8.99. The molecule has 0 spiro atoms. The molecule has 1 aromatic rings. The molecule has 1 fully saturated rings. The van der Waals surface area contributed by atoms with Crippen molar-refractivity contribution in [3.63, 3.8) is 0 Å². The number of hydrogen-bond acceptors (Lipinski definition) is 4. The predicted molar refractivity (Wildman–Crippen MR) is 76.2 cm³/mol. The fourth-order valence-electron chi connectivity index (χ4n) is 2.10. The van der Waals surface area contributed by atoms with Crippen LogP contribution in [0, 0.1) is 12.8 Å². The number of nitrogens with zero attached hydrogens (tertiary/aromatic N) is 1. The Bertz CT molecular complexity index is 399. The summed E-state index contributed by atoms with van der Waals surface area (Å²) in [5.41, 5.74) is 1.14. The number of aryl methyl sites for hydroxylation is 1. The van der Waals surface area contributed by atoms with Crippen LogP contribution in [0.15, 0.2) is 11.4 Å². The van der Waals surface area contributed by atoms with E-state index in [2.05, 4.69) is 15.5 Å². The van der Waals surface area contributed by atoms with Crippen molar-refractivity contribution in [2.24, 2.45) is 5.92 Å². The minimum absolute atomic E-state index is 0.0320. The topological polar surface area (TPSA) is 44.4 Å². The van der Waals surface area contributed by atoms with Crippen LogP contribution in [0.25, 0.3) is 0 Å². The van der Waals surface area contributed by atoms with Gasteiger partial charge in [0.25, 0.3) is 0 Å². The summed E-state index contributed by atoms with van der Waals surface area (Å²) in [6.07, 6.45) is 0. The molecule has 1 atom stereocenters. The quantitative estimate of drug-likeness (QED) is 0.869. The molecular weight excluding hydrogens is 246 g/mol. The third-order valence-electron chi connectivity index (χ3n) is 3.29. The first-order valence-corrected chi connectivity index (χ1v) is 7.33. The highest BCUT2D eigenvalue weighted by Crippen LogP contribution is 2.22. The number of amides is 1. The minimum Gasteiger partial charge on any atom is -0.317 e. The Morgan fingerprint density at radius 3 is 2.89 bits per heavy atom. The van der Waals surface area contributed by atoms with E-state index in [0.717, 1.165) is 43.3 Å². The summed E-state index contributed by atoms with van der Waals surface area (Å²) >= 11 is 1.59. The van der Waals surface area contributed by atoms with Gasteiger partial charge in [-0.3, -0.25) is 4.79 Å². The number of rotatable bonds is 4. The lowest BCUT2D eigenvalue weighted by Crippen LogP contribution is -2.46. The largest absolute Gasteiger partial charge is 0.317 e. The van der Waals surface area contributed by atoms with E-state index in [0.29, 0.717) is 0 Å². The Kier molecular flexibility index (Phi) is 4.74. The lowest BCUT2D eigenvalue weighted by Gasteiger charge is -2.29. The molecule has 100 valence electrons. The monoisotopic (exact) mass is 267 g/mol. The van der Waals surface area contributed by atoms with Gasteiger partial charge in [0.1, 0.15) is 0 Å². The van der Waals surface area contributed by atoms with Crippen molar-refractivity contribution in [3.05, 3.63) is 17.0 Å². The van der Waals surface area contributed by atoms with Crippen molar-refractivity contribution in [2.45, 2.75) is 13.8 Å². The molecule has 0 saturated carbocycles. The Morgan fingerprint density at radius 1 is 1.56 bits per heavy atom. The number of piperazine rings is 1. The Morgan fingerprint density at radius 2 is 2.28 bits per heavy atom. The molecule has 1 aliphatic rings. The molecule has 1 amide bonds. The summed E-state index contributed by atoms with van der Waals surface area (Å²) in [7, 11) is 0. The highest BCUT2D eigenvalue weighted by atomic mass is 32.1. The summed E-state index contributed by atoms with van der Waals surface area (Å²) < 4.78 is 0. The van der Waals surface area contributed by atoms with E-state index in [9.17, 15) is 4.79 Å². The Hall–Kier alpha value is -0.910. The zero-order valence-electron chi connectivity index (χ0n) is 11.0. The first-order chi connectivity index (χ1) is 8.66. The molecule has 2 heterocycles. The van der Waals surface area contributed by atoms with Crippen molar-refractivity contribution in [1.82, 2.24) is 10.2 Å². The number of carbonyl (C=O) groups is 1. The van der Waals surface area contributed by atoms with Gasteiger partial charge in [-0.15, -0.1) is 11.3 Å². The molecule has 0 bridgehead atoms. The van der Waals surface area contributed by atoms with Crippen molar-refractivity contribution < 1.29 is 4.79 Å². The third kappa shape index (κ3) is 3.54. The summed E-state index contributed by atoms with van der Waals surface area (Å²) in [5.74, 6) is 0.156. The van der Waals surface area contributed by atoms with Crippen LogP contribution in [-0.4, -0.2) is 43.5 Å². The average Bonchev–Trinajstić information content (AvgIpc) is 2.76. The van der Waals surface area contributed by atoms with Gasteiger partial charge in [0.15, 0.2) is 0 Å². The van der Waals surface area contributed by atoms with E-state index < -0.39 is 0 Å². The van der Waals surface area contributed by atoms with E-state index in [1.165, 1.54) is 0 Å². The lowest BCUT2D eigenvalue weighted by molar-refractivity contribution is -0.120. The minimum atomic E-state index is 0.0320. The maximum Gasteiger partial charge on any atom is 0.229 e. The number of nitrogens with one attached hydrogen (secondary N) is 2. The second-order valence-corrected chi connectivity index (χ2v) is 5.79. The zero-order valence-corrected chi connectivity index (χ0v) is 11.8. The Balaban J connectivity index is 1.83. The molecule has 2 rings (SSSR count). The standard InChI is InChI=1S/C13H21N3OS/c1-10-3-8-18-13(10)15-12(17)11(2)9-16-6-4-14-5-7-16/h3,8,11,14H,4-7,9H2,1-2H3,(H,15,17).